The topological polar surface area (TPSA) is 105 Å². The second-order valence-corrected chi connectivity index (χ2v) is 3.59. The van der Waals surface area contributed by atoms with Gasteiger partial charge in [-0.25, -0.2) is 9.59 Å². The molecule has 0 aliphatic heterocycles. The molecule has 0 radical (unpaired) electrons. The average molecular weight is 230 g/mol. The summed E-state index contributed by atoms with van der Waals surface area (Å²) >= 11 is 0. The number of rotatable bonds is 6. The summed E-state index contributed by atoms with van der Waals surface area (Å²) < 4.78 is 4.50. The molecule has 1 rings (SSSR count). The Labute approximate surface area is 92.1 Å². The summed E-state index contributed by atoms with van der Waals surface area (Å²) in [6.45, 7) is -0.435. The Kier molecular flexibility index (Phi) is 4.71. The molecule has 0 bridgehead atoms. The van der Waals surface area contributed by atoms with Crippen LogP contribution < -0.4 is 10.6 Å². The van der Waals surface area contributed by atoms with Gasteiger partial charge in [-0.15, -0.1) is 0 Å². The van der Waals surface area contributed by atoms with Crippen LogP contribution >= 0.6 is 0 Å². The Morgan fingerprint density at radius 3 is 2.50 bits per heavy atom. The van der Waals surface area contributed by atoms with Crippen LogP contribution in [0.15, 0.2) is 0 Å². The predicted octanol–water partition coefficient (Wildman–Crippen LogP) is -0.677. The van der Waals surface area contributed by atoms with Crippen molar-refractivity contribution in [2.75, 3.05) is 19.8 Å². The van der Waals surface area contributed by atoms with Crippen LogP contribution in [-0.2, 0) is 14.3 Å². The lowest BCUT2D eigenvalue weighted by Gasteiger charge is -2.05. The standard InChI is InChI=1S/C9H14N2O5/c12-7(4-16-5-8(13)14)11-9(15)10-3-6-1-2-6/h6H,1-5H2,(H,13,14)(H2,10,11,12,15). The molecule has 0 spiro atoms. The summed E-state index contributed by atoms with van der Waals surface area (Å²) in [5.41, 5.74) is 0. The highest BCUT2D eigenvalue weighted by molar-refractivity contribution is 5.94. The Balaban J connectivity index is 2.02. The van der Waals surface area contributed by atoms with Gasteiger partial charge in [-0.05, 0) is 18.8 Å². The molecule has 0 unspecified atom stereocenters. The summed E-state index contributed by atoms with van der Waals surface area (Å²) in [4.78, 5) is 32.1. The van der Waals surface area contributed by atoms with Crippen molar-refractivity contribution in [2.45, 2.75) is 12.8 Å². The number of hydrogen-bond acceptors (Lipinski definition) is 4. The van der Waals surface area contributed by atoms with Crippen molar-refractivity contribution in [1.82, 2.24) is 10.6 Å². The number of carboxylic acids is 1. The summed E-state index contributed by atoms with van der Waals surface area (Å²) in [6, 6.07) is -0.573. The van der Waals surface area contributed by atoms with Crippen LogP contribution in [0, 0.1) is 5.92 Å². The molecule has 7 heteroatoms. The van der Waals surface area contributed by atoms with Crippen LogP contribution in [0.5, 0.6) is 0 Å². The monoisotopic (exact) mass is 230 g/mol. The molecule has 3 N–H and O–H groups in total. The van der Waals surface area contributed by atoms with Gasteiger partial charge in [0, 0.05) is 6.54 Å². The number of imide groups is 1. The SMILES string of the molecule is O=C(O)COCC(=O)NC(=O)NCC1CC1. The van der Waals surface area contributed by atoms with Crippen molar-refractivity contribution in [3.63, 3.8) is 0 Å². The third kappa shape index (κ3) is 5.97. The number of nitrogens with one attached hydrogen (secondary N) is 2. The molecule has 0 saturated heterocycles. The van der Waals surface area contributed by atoms with E-state index in [0.717, 1.165) is 12.8 Å². The van der Waals surface area contributed by atoms with E-state index in [1.165, 1.54) is 0 Å². The number of ether oxygens (including phenoxy) is 1. The van der Waals surface area contributed by atoms with Crippen molar-refractivity contribution in [3.8, 4) is 0 Å². The summed E-state index contributed by atoms with van der Waals surface area (Å²) in [5.74, 6) is -1.29. The van der Waals surface area contributed by atoms with Gasteiger partial charge in [0.1, 0.15) is 13.2 Å². The van der Waals surface area contributed by atoms with Crippen LogP contribution in [0.1, 0.15) is 12.8 Å². The van der Waals surface area contributed by atoms with E-state index in [9.17, 15) is 14.4 Å². The van der Waals surface area contributed by atoms with Crippen LogP contribution in [0.25, 0.3) is 0 Å². The van der Waals surface area contributed by atoms with E-state index in [0.29, 0.717) is 12.5 Å². The maximum absolute atomic E-state index is 11.1. The summed E-state index contributed by atoms with van der Waals surface area (Å²) in [6.07, 6.45) is 2.21. The minimum absolute atomic E-state index is 0.441. The molecular formula is C9H14N2O5. The maximum Gasteiger partial charge on any atom is 0.329 e. The first-order chi connectivity index (χ1) is 7.58. The van der Waals surface area contributed by atoms with Gasteiger partial charge >= 0.3 is 12.0 Å². The fourth-order valence-corrected chi connectivity index (χ4v) is 0.997. The highest BCUT2D eigenvalue weighted by Crippen LogP contribution is 2.27. The van der Waals surface area contributed by atoms with Crippen molar-refractivity contribution < 1.29 is 24.2 Å². The molecule has 16 heavy (non-hydrogen) atoms. The molecule has 1 aliphatic rings. The first-order valence-electron chi connectivity index (χ1n) is 4.95. The summed E-state index contributed by atoms with van der Waals surface area (Å²) in [7, 11) is 0. The lowest BCUT2D eigenvalue weighted by atomic mass is 10.4. The van der Waals surface area contributed by atoms with Gasteiger partial charge in [-0.3, -0.25) is 10.1 Å². The van der Waals surface area contributed by atoms with Crippen molar-refractivity contribution in [2.24, 2.45) is 5.92 Å². The molecule has 0 atom stereocenters. The van der Waals surface area contributed by atoms with E-state index < -0.39 is 31.1 Å². The zero-order chi connectivity index (χ0) is 12.0. The lowest BCUT2D eigenvalue weighted by molar-refractivity contribution is -0.143. The van der Waals surface area contributed by atoms with Gasteiger partial charge in [0.05, 0.1) is 0 Å². The number of aliphatic carboxylic acids is 1. The minimum Gasteiger partial charge on any atom is -0.480 e. The van der Waals surface area contributed by atoms with Crippen molar-refractivity contribution in [3.05, 3.63) is 0 Å². The smallest absolute Gasteiger partial charge is 0.329 e. The van der Waals surface area contributed by atoms with Gasteiger partial charge in [-0.1, -0.05) is 0 Å². The van der Waals surface area contributed by atoms with Gasteiger partial charge in [0.2, 0.25) is 0 Å². The molecule has 0 aromatic rings. The lowest BCUT2D eigenvalue weighted by Crippen LogP contribution is -2.42. The molecule has 0 heterocycles. The number of urea groups is 1. The van der Waals surface area contributed by atoms with E-state index in [-0.39, 0.29) is 0 Å². The van der Waals surface area contributed by atoms with E-state index in [4.69, 9.17) is 5.11 Å². The van der Waals surface area contributed by atoms with Crippen molar-refractivity contribution >= 4 is 17.9 Å². The Bertz CT molecular complexity index is 288. The number of carboxylic acid groups (broad SMARTS) is 1. The van der Waals surface area contributed by atoms with Crippen LogP contribution in [0.2, 0.25) is 0 Å². The highest BCUT2D eigenvalue weighted by atomic mass is 16.5. The Morgan fingerprint density at radius 1 is 1.25 bits per heavy atom. The summed E-state index contributed by atoms with van der Waals surface area (Å²) in [5, 5.41) is 12.8. The number of carbonyl (C=O) groups is 3. The van der Waals surface area contributed by atoms with E-state index in [2.05, 4.69) is 10.1 Å². The van der Waals surface area contributed by atoms with Gasteiger partial charge in [0.15, 0.2) is 0 Å². The molecular weight excluding hydrogens is 216 g/mol. The second kappa shape index (κ2) is 6.06. The zero-order valence-corrected chi connectivity index (χ0v) is 8.69. The first kappa shape index (κ1) is 12.4. The number of amides is 3. The normalized spacial score (nSPS) is 14.2. The molecule has 1 aliphatic carbocycles. The molecule has 7 nitrogen and oxygen atoms in total. The fraction of sp³-hybridized carbons (Fsp3) is 0.667. The minimum atomic E-state index is -1.16. The maximum atomic E-state index is 11.1. The first-order valence-corrected chi connectivity index (χ1v) is 4.95. The molecule has 1 fully saturated rings. The van der Waals surface area contributed by atoms with Gasteiger partial charge in [-0.2, -0.15) is 0 Å². The average Bonchev–Trinajstić information content (AvgIpc) is 2.97. The quantitative estimate of drug-likeness (QED) is 0.561. The second-order valence-electron chi connectivity index (χ2n) is 3.59. The molecule has 90 valence electrons. The van der Waals surface area contributed by atoms with Crippen LogP contribution in [0.3, 0.4) is 0 Å². The zero-order valence-electron chi connectivity index (χ0n) is 8.69. The fourth-order valence-electron chi connectivity index (χ4n) is 0.997. The third-order valence-corrected chi connectivity index (χ3v) is 1.96. The third-order valence-electron chi connectivity index (χ3n) is 1.96. The Morgan fingerprint density at radius 2 is 1.94 bits per heavy atom. The van der Waals surface area contributed by atoms with Crippen LogP contribution in [-0.4, -0.2) is 42.8 Å². The highest BCUT2D eigenvalue weighted by Gasteiger charge is 2.21. The van der Waals surface area contributed by atoms with Crippen LogP contribution in [0.4, 0.5) is 4.79 Å². The van der Waals surface area contributed by atoms with E-state index in [1.54, 1.807) is 0 Å². The van der Waals surface area contributed by atoms with Crippen molar-refractivity contribution in [1.29, 1.82) is 0 Å². The molecule has 0 aromatic carbocycles. The predicted molar refractivity (Wildman–Crippen MR) is 52.7 cm³/mol. The Hall–Kier alpha value is -1.63. The van der Waals surface area contributed by atoms with E-state index >= 15 is 0 Å². The van der Waals surface area contributed by atoms with E-state index in [1.807, 2.05) is 5.32 Å². The molecule has 0 aromatic heterocycles. The van der Waals surface area contributed by atoms with Gasteiger partial charge < -0.3 is 15.2 Å². The number of carbonyl (C=O) groups excluding carboxylic acids is 2. The molecule has 1 saturated carbocycles. The largest absolute Gasteiger partial charge is 0.480 e. The van der Waals surface area contributed by atoms with Gasteiger partial charge in [0.25, 0.3) is 5.91 Å². The molecule has 3 amide bonds. The number of hydrogen-bond donors (Lipinski definition) is 3.